The lowest BCUT2D eigenvalue weighted by molar-refractivity contribution is -0.396. The first-order chi connectivity index (χ1) is 22.2. The maximum Gasteiger partial charge on any atom is 0.460 e. The minimum Gasteiger partial charge on any atom is -0.508 e. The van der Waals surface area contributed by atoms with Gasteiger partial charge in [0.25, 0.3) is 0 Å². The summed E-state index contributed by atoms with van der Waals surface area (Å²) in [6.45, 7) is 2.23. The first-order valence-electron chi connectivity index (χ1n) is 17.2. The maximum atomic E-state index is 13.8. The van der Waals surface area contributed by atoms with Crippen LogP contribution in [0.3, 0.4) is 0 Å². The Morgan fingerprint density at radius 2 is 1.50 bits per heavy atom. The van der Waals surface area contributed by atoms with Crippen molar-refractivity contribution < 1.29 is 59.6 Å². The number of rotatable bonds is 16. The molecule has 3 aliphatic carbocycles. The molecule has 0 saturated heterocycles. The second-order valence-electron chi connectivity index (χ2n) is 14.8. The number of aliphatic hydroxyl groups excluding tert-OH is 1. The molecule has 1 aromatic carbocycles. The lowest BCUT2D eigenvalue weighted by Crippen LogP contribution is -2.60. The highest BCUT2D eigenvalue weighted by molar-refractivity contribution is 5.69. The number of aliphatic hydroxyl groups is 1. The van der Waals surface area contributed by atoms with Crippen molar-refractivity contribution in [2.75, 3.05) is 0 Å². The molecule has 0 aromatic heterocycles. The molecule has 3 N–H and O–H groups in total. The molecule has 2 fully saturated rings. The lowest BCUT2D eigenvalue weighted by atomic mass is 9.52. The smallest absolute Gasteiger partial charge is 0.460 e. The molecule has 0 aliphatic heterocycles. The molecule has 4 nitrogen and oxygen atoms in total. The zero-order chi connectivity index (χ0) is 35.7. The fourth-order valence-electron chi connectivity index (χ4n) is 9.06. The van der Waals surface area contributed by atoms with Crippen molar-refractivity contribution in [3.05, 3.63) is 29.3 Å². The molecule has 0 bridgehead atoms. The monoisotopic (exact) mass is 702 g/mol. The van der Waals surface area contributed by atoms with Crippen LogP contribution in [0.4, 0.5) is 39.5 Å². The molecule has 3 aliphatic rings. The molecule has 4 rings (SSSR count). The van der Waals surface area contributed by atoms with Crippen LogP contribution in [0.15, 0.2) is 18.2 Å². The van der Waals surface area contributed by atoms with Crippen LogP contribution in [0.25, 0.3) is 0 Å². The average molecular weight is 703 g/mol. The number of phenols is 1. The number of carboxylic acids is 1. The van der Waals surface area contributed by atoms with Crippen molar-refractivity contribution in [2.45, 2.75) is 146 Å². The van der Waals surface area contributed by atoms with Gasteiger partial charge in [-0.05, 0) is 110 Å². The molecule has 0 spiro atoms. The van der Waals surface area contributed by atoms with E-state index in [2.05, 4.69) is 13.0 Å². The van der Waals surface area contributed by atoms with Crippen molar-refractivity contribution in [3.8, 4) is 5.75 Å². The Bertz CT molecular complexity index is 1250. The highest BCUT2D eigenvalue weighted by Gasteiger charge is 2.81. The second kappa shape index (κ2) is 14.6. The molecular weight excluding hydrogens is 655 g/mol. The van der Waals surface area contributed by atoms with E-state index in [0.717, 1.165) is 64.2 Å². The zero-order valence-electron chi connectivity index (χ0n) is 27.2. The van der Waals surface area contributed by atoms with E-state index in [9.17, 15) is 59.6 Å². The van der Waals surface area contributed by atoms with Crippen LogP contribution in [-0.4, -0.2) is 51.3 Å². The highest BCUT2D eigenvalue weighted by atomic mass is 19.4. The Balaban J connectivity index is 1.20. The van der Waals surface area contributed by atoms with Gasteiger partial charge in [0, 0.05) is 6.42 Å². The van der Waals surface area contributed by atoms with Gasteiger partial charge in [-0.1, -0.05) is 51.5 Å². The third-order valence-corrected chi connectivity index (χ3v) is 11.8. The second-order valence-corrected chi connectivity index (χ2v) is 14.8. The molecule has 0 heterocycles. The Kier molecular flexibility index (Phi) is 11.7. The number of aromatic hydroxyl groups is 1. The van der Waals surface area contributed by atoms with Crippen LogP contribution in [0.2, 0.25) is 0 Å². The van der Waals surface area contributed by atoms with Gasteiger partial charge in [-0.25, -0.2) is 0 Å². The number of carboxylic acid groups (broad SMARTS) is 1. The molecule has 48 heavy (non-hydrogen) atoms. The van der Waals surface area contributed by atoms with E-state index in [-0.39, 0.29) is 23.7 Å². The molecule has 2 saturated carbocycles. The number of phenolic OH excluding ortho intramolecular Hbond substituents is 1. The number of benzene rings is 1. The third-order valence-electron chi connectivity index (χ3n) is 11.8. The summed E-state index contributed by atoms with van der Waals surface area (Å²) in [5, 5.41) is 30.4. The van der Waals surface area contributed by atoms with E-state index < -0.39 is 55.1 Å². The van der Waals surface area contributed by atoms with E-state index >= 15 is 0 Å². The minimum absolute atomic E-state index is 0.0411. The largest absolute Gasteiger partial charge is 0.508 e. The molecule has 1 aromatic rings. The number of fused-ring (bicyclic) bond motifs is 5. The standard InChI is InChI=1S/C35H47F9O4/c1-31-18-16-26-25-13-12-24(45)20-23(25)19-22(29(26)27(31)14-15-28(31)46)10-7-5-3-2-4-6-9-21(30(47)48)11-8-17-32(36,37)33(38,39)34(40,41)35(42,43)44/h12-13,20-22,26-29,45-46H,2-11,14-19H2,1H3,(H,47,48)/t21-,22?,26-,27+,28?,29-,31+/m1/s1. The van der Waals surface area contributed by atoms with Gasteiger partial charge in [0.05, 0.1) is 12.0 Å². The summed E-state index contributed by atoms with van der Waals surface area (Å²) in [5.74, 6) is -19.9. The van der Waals surface area contributed by atoms with Crippen molar-refractivity contribution in [3.63, 3.8) is 0 Å². The van der Waals surface area contributed by atoms with E-state index in [1.165, 1.54) is 11.1 Å². The summed E-state index contributed by atoms with van der Waals surface area (Å²) >= 11 is 0. The first kappa shape index (κ1) is 38.6. The van der Waals surface area contributed by atoms with Crippen molar-refractivity contribution >= 4 is 5.97 Å². The van der Waals surface area contributed by atoms with E-state index in [4.69, 9.17) is 0 Å². The molecule has 7 atom stereocenters. The zero-order valence-corrected chi connectivity index (χ0v) is 27.2. The third kappa shape index (κ3) is 7.60. The number of hydrogen-bond donors (Lipinski definition) is 3. The Morgan fingerprint density at radius 3 is 2.15 bits per heavy atom. The lowest BCUT2D eigenvalue weighted by Gasteiger charge is -2.53. The first-order valence-corrected chi connectivity index (χ1v) is 17.2. The van der Waals surface area contributed by atoms with Gasteiger partial charge in [-0.15, -0.1) is 0 Å². The van der Waals surface area contributed by atoms with E-state index in [0.29, 0.717) is 36.5 Å². The summed E-state index contributed by atoms with van der Waals surface area (Å²) in [6, 6.07) is 5.71. The number of alkyl halides is 9. The molecule has 2 unspecified atom stereocenters. The van der Waals surface area contributed by atoms with Crippen molar-refractivity contribution in [2.24, 2.45) is 29.1 Å². The highest BCUT2D eigenvalue weighted by Crippen LogP contribution is 2.63. The quantitative estimate of drug-likeness (QED) is 0.118. The van der Waals surface area contributed by atoms with Crippen LogP contribution in [0.5, 0.6) is 5.75 Å². The SMILES string of the molecule is C[C@]12CC[C@@H]3c4ccc(O)cc4CC(CCCCCCCC[C@H](CCCC(F)(F)C(F)(F)C(F)(F)C(F)(F)F)C(=O)O)[C@H]3[C@@H]1CCC2O. The van der Waals surface area contributed by atoms with Crippen LogP contribution in [0.1, 0.15) is 120 Å². The summed E-state index contributed by atoms with van der Waals surface area (Å²) in [6.07, 6.45) is -0.270. The van der Waals surface area contributed by atoms with Crippen molar-refractivity contribution in [1.29, 1.82) is 0 Å². The minimum atomic E-state index is -6.94. The Morgan fingerprint density at radius 1 is 0.875 bits per heavy atom. The van der Waals surface area contributed by atoms with Gasteiger partial charge >= 0.3 is 29.9 Å². The number of aliphatic carboxylic acids is 1. The predicted octanol–water partition coefficient (Wildman–Crippen LogP) is 10.3. The summed E-state index contributed by atoms with van der Waals surface area (Å²) < 4.78 is 118. The van der Waals surface area contributed by atoms with Crippen LogP contribution < -0.4 is 0 Å². The fraction of sp³-hybridized carbons (Fsp3) is 0.800. The average Bonchev–Trinajstić information content (AvgIpc) is 3.29. The number of carbonyl (C=O) groups is 1. The normalized spacial score (nSPS) is 28.4. The van der Waals surface area contributed by atoms with Gasteiger partial charge in [0.1, 0.15) is 5.75 Å². The summed E-state index contributed by atoms with van der Waals surface area (Å²) in [5.41, 5.74) is 2.45. The molecule has 274 valence electrons. The predicted molar refractivity (Wildman–Crippen MR) is 160 cm³/mol. The Hall–Kier alpha value is -2.18. The van der Waals surface area contributed by atoms with Gasteiger partial charge in [-0.2, -0.15) is 39.5 Å². The van der Waals surface area contributed by atoms with E-state index in [1.54, 1.807) is 6.07 Å². The molecule has 0 amide bonds. The fourth-order valence-corrected chi connectivity index (χ4v) is 9.06. The van der Waals surface area contributed by atoms with Crippen LogP contribution in [-0.2, 0) is 11.2 Å². The van der Waals surface area contributed by atoms with Gasteiger partial charge in [0.2, 0.25) is 0 Å². The van der Waals surface area contributed by atoms with E-state index in [1.807, 2.05) is 6.07 Å². The number of halogens is 9. The van der Waals surface area contributed by atoms with Gasteiger partial charge in [0.15, 0.2) is 0 Å². The Labute approximate surface area is 275 Å². The maximum absolute atomic E-state index is 13.8. The number of hydrogen-bond acceptors (Lipinski definition) is 3. The van der Waals surface area contributed by atoms with Crippen LogP contribution >= 0.6 is 0 Å². The molecule has 13 heteroatoms. The van der Waals surface area contributed by atoms with Gasteiger partial charge < -0.3 is 15.3 Å². The van der Waals surface area contributed by atoms with Crippen molar-refractivity contribution in [1.82, 2.24) is 0 Å². The van der Waals surface area contributed by atoms with Crippen LogP contribution in [0, 0.1) is 29.1 Å². The summed E-state index contributed by atoms with van der Waals surface area (Å²) in [7, 11) is 0. The topological polar surface area (TPSA) is 77.8 Å². The molecular formula is C35H47F9O4. The van der Waals surface area contributed by atoms with Gasteiger partial charge in [-0.3, -0.25) is 4.79 Å². The molecule has 0 radical (unpaired) electrons. The number of unbranched alkanes of at least 4 members (excludes halogenated alkanes) is 5. The summed E-state index contributed by atoms with van der Waals surface area (Å²) in [4.78, 5) is 11.6.